The van der Waals surface area contributed by atoms with Crippen molar-refractivity contribution in [1.82, 2.24) is 5.32 Å². The largest absolute Gasteiger partial charge is 0.330 e. The van der Waals surface area contributed by atoms with E-state index in [4.69, 9.17) is 5.73 Å². The summed E-state index contributed by atoms with van der Waals surface area (Å²) in [5, 5.41) is 3.93. The van der Waals surface area contributed by atoms with Gasteiger partial charge in [0.25, 0.3) is 0 Å². The third-order valence-corrected chi connectivity index (χ3v) is 4.87. The number of rotatable bonds is 3. The minimum absolute atomic E-state index is 0.544. The summed E-state index contributed by atoms with van der Waals surface area (Å²) in [5.74, 6) is 0.730. The second kappa shape index (κ2) is 5.71. The standard InChI is InChI=1S/C15H30N2/c1-15(2)9-5-7-13(10-15)17-14-8-4-3-6-12(14)11-16/h12-14,17H,3-11,16H2,1-2H3. The summed E-state index contributed by atoms with van der Waals surface area (Å²) in [6, 6.07) is 1.45. The van der Waals surface area contributed by atoms with E-state index in [0.717, 1.165) is 18.5 Å². The average Bonchev–Trinajstić information content (AvgIpc) is 2.28. The predicted molar refractivity (Wildman–Crippen MR) is 74.0 cm³/mol. The van der Waals surface area contributed by atoms with E-state index in [9.17, 15) is 0 Å². The van der Waals surface area contributed by atoms with Gasteiger partial charge < -0.3 is 11.1 Å². The van der Waals surface area contributed by atoms with E-state index in [-0.39, 0.29) is 0 Å². The summed E-state index contributed by atoms with van der Waals surface area (Å²) >= 11 is 0. The van der Waals surface area contributed by atoms with Crippen molar-refractivity contribution >= 4 is 0 Å². The van der Waals surface area contributed by atoms with Crippen molar-refractivity contribution in [3.05, 3.63) is 0 Å². The van der Waals surface area contributed by atoms with Gasteiger partial charge in [0.15, 0.2) is 0 Å². The zero-order valence-corrected chi connectivity index (χ0v) is 11.7. The molecule has 2 heteroatoms. The molecule has 0 heterocycles. The van der Waals surface area contributed by atoms with Crippen LogP contribution in [0.2, 0.25) is 0 Å². The van der Waals surface area contributed by atoms with Gasteiger partial charge in [-0.2, -0.15) is 0 Å². The lowest BCUT2D eigenvalue weighted by Crippen LogP contribution is -2.48. The maximum Gasteiger partial charge on any atom is 0.0110 e. The highest BCUT2D eigenvalue weighted by molar-refractivity contribution is 4.89. The van der Waals surface area contributed by atoms with Crippen LogP contribution in [0, 0.1) is 11.3 Å². The van der Waals surface area contributed by atoms with Crippen molar-refractivity contribution in [1.29, 1.82) is 0 Å². The Morgan fingerprint density at radius 1 is 1.12 bits per heavy atom. The first-order valence-corrected chi connectivity index (χ1v) is 7.57. The molecule has 0 amide bonds. The number of hydrogen-bond donors (Lipinski definition) is 2. The summed E-state index contributed by atoms with van der Waals surface area (Å²) < 4.78 is 0. The molecule has 0 bridgehead atoms. The second-order valence-corrected chi connectivity index (χ2v) is 7.01. The van der Waals surface area contributed by atoms with Crippen LogP contribution in [0.4, 0.5) is 0 Å². The van der Waals surface area contributed by atoms with Gasteiger partial charge in [-0.3, -0.25) is 0 Å². The van der Waals surface area contributed by atoms with Crippen LogP contribution in [0.15, 0.2) is 0 Å². The third-order valence-electron chi connectivity index (χ3n) is 4.87. The van der Waals surface area contributed by atoms with Gasteiger partial charge in [-0.05, 0) is 50.0 Å². The molecule has 2 aliphatic rings. The zero-order chi connectivity index (χ0) is 12.3. The highest BCUT2D eigenvalue weighted by Crippen LogP contribution is 2.36. The molecule has 3 unspecified atom stereocenters. The molecule has 0 aromatic rings. The molecule has 0 aromatic heterocycles. The minimum atomic E-state index is 0.544. The van der Waals surface area contributed by atoms with Gasteiger partial charge in [-0.1, -0.05) is 33.1 Å². The Morgan fingerprint density at radius 2 is 1.88 bits per heavy atom. The molecule has 0 aliphatic heterocycles. The smallest absolute Gasteiger partial charge is 0.0110 e. The van der Waals surface area contributed by atoms with Crippen molar-refractivity contribution in [2.24, 2.45) is 17.1 Å². The van der Waals surface area contributed by atoms with Crippen molar-refractivity contribution in [2.75, 3.05) is 6.54 Å². The fourth-order valence-corrected chi connectivity index (χ4v) is 3.85. The SMILES string of the molecule is CC1(C)CCCC(NC2CCCCC2CN)C1. The van der Waals surface area contributed by atoms with E-state index in [2.05, 4.69) is 19.2 Å². The Hall–Kier alpha value is -0.0800. The predicted octanol–water partition coefficient (Wildman–Crippen LogP) is 3.06. The lowest BCUT2D eigenvalue weighted by molar-refractivity contribution is 0.162. The normalized spacial score (nSPS) is 37.9. The fraction of sp³-hybridized carbons (Fsp3) is 1.00. The van der Waals surface area contributed by atoms with Gasteiger partial charge in [0.05, 0.1) is 0 Å². The Balaban J connectivity index is 1.86. The third kappa shape index (κ3) is 3.69. The Labute approximate surface area is 107 Å². The molecule has 17 heavy (non-hydrogen) atoms. The molecule has 2 aliphatic carbocycles. The summed E-state index contributed by atoms with van der Waals surface area (Å²) in [6.07, 6.45) is 11.0. The van der Waals surface area contributed by atoms with Crippen molar-refractivity contribution < 1.29 is 0 Å². The molecule has 100 valence electrons. The van der Waals surface area contributed by atoms with Crippen LogP contribution in [0.3, 0.4) is 0 Å². The van der Waals surface area contributed by atoms with Crippen molar-refractivity contribution in [3.63, 3.8) is 0 Å². The van der Waals surface area contributed by atoms with E-state index in [0.29, 0.717) is 11.5 Å². The number of hydrogen-bond acceptors (Lipinski definition) is 2. The van der Waals surface area contributed by atoms with Gasteiger partial charge in [0.1, 0.15) is 0 Å². The van der Waals surface area contributed by atoms with Crippen LogP contribution >= 0.6 is 0 Å². The maximum absolute atomic E-state index is 5.91. The summed E-state index contributed by atoms with van der Waals surface area (Å²) in [4.78, 5) is 0. The van der Waals surface area contributed by atoms with Gasteiger partial charge in [-0.25, -0.2) is 0 Å². The topological polar surface area (TPSA) is 38.0 Å². The molecule has 0 aromatic carbocycles. The van der Waals surface area contributed by atoms with Crippen molar-refractivity contribution in [2.45, 2.75) is 77.3 Å². The summed E-state index contributed by atoms with van der Waals surface area (Å²) in [7, 11) is 0. The van der Waals surface area contributed by atoms with Crippen LogP contribution in [0.25, 0.3) is 0 Å². The maximum atomic E-state index is 5.91. The summed E-state index contributed by atoms with van der Waals surface area (Å²) in [6.45, 7) is 5.71. The molecule has 3 atom stereocenters. The van der Waals surface area contributed by atoms with Gasteiger partial charge in [0.2, 0.25) is 0 Å². The highest BCUT2D eigenvalue weighted by atomic mass is 15.0. The van der Waals surface area contributed by atoms with E-state index in [1.165, 1.54) is 51.4 Å². The lowest BCUT2D eigenvalue weighted by Gasteiger charge is -2.40. The molecule has 2 fully saturated rings. The van der Waals surface area contributed by atoms with Gasteiger partial charge in [0, 0.05) is 12.1 Å². The molecule has 2 nitrogen and oxygen atoms in total. The second-order valence-electron chi connectivity index (χ2n) is 7.01. The number of nitrogens with one attached hydrogen (secondary N) is 1. The quantitative estimate of drug-likeness (QED) is 0.793. The average molecular weight is 238 g/mol. The Morgan fingerprint density at radius 3 is 2.59 bits per heavy atom. The van der Waals surface area contributed by atoms with Crippen LogP contribution in [-0.4, -0.2) is 18.6 Å². The Kier molecular flexibility index (Phi) is 4.48. The van der Waals surface area contributed by atoms with Crippen LogP contribution in [0.5, 0.6) is 0 Å². The van der Waals surface area contributed by atoms with Gasteiger partial charge >= 0.3 is 0 Å². The first kappa shape index (κ1) is 13.4. The highest BCUT2D eigenvalue weighted by Gasteiger charge is 2.31. The first-order chi connectivity index (χ1) is 8.11. The van der Waals surface area contributed by atoms with E-state index in [1.807, 2.05) is 0 Å². The monoisotopic (exact) mass is 238 g/mol. The molecule has 0 saturated heterocycles. The van der Waals surface area contributed by atoms with Crippen molar-refractivity contribution in [3.8, 4) is 0 Å². The molecule has 2 saturated carbocycles. The first-order valence-electron chi connectivity index (χ1n) is 7.57. The molecule has 3 N–H and O–H groups in total. The Bertz CT molecular complexity index is 237. The van der Waals surface area contributed by atoms with Crippen LogP contribution < -0.4 is 11.1 Å². The molecular formula is C15H30N2. The van der Waals surface area contributed by atoms with E-state index >= 15 is 0 Å². The zero-order valence-electron chi connectivity index (χ0n) is 11.7. The minimum Gasteiger partial charge on any atom is -0.330 e. The van der Waals surface area contributed by atoms with Crippen LogP contribution in [0.1, 0.15) is 65.2 Å². The lowest BCUT2D eigenvalue weighted by atomic mass is 9.74. The fourth-order valence-electron chi connectivity index (χ4n) is 3.85. The number of nitrogens with two attached hydrogens (primary N) is 1. The molecule has 0 spiro atoms. The summed E-state index contributed by atoms with van der Waals surface area (Å²) in [5.41, 5.74) is 6.46. The van der Waals surface area contributed by atoms with E-state index < -0.39 is 0 Å². The van der Waals surface area contributed by atoms with Gasteiger partial charge in [-0.15, -0.1) is 0 Å². The van der Waals surface area contributed by atoms with Crippen LogP contribution in [-0.2, 0) is 0 Å². The van der Waals surface area contributed by atoms with E-state index in [1.54, 1.807) is 0 Å². The molecule has 0 radical (unpaired) electrons. The molecular weight excluding hydrogens is 208 g/mol. The molecule has 2 rings (SSSR count).